The maximum absolute atomic E-state index is 11.4. The third-order valence-corrected chi connectivity index (χ3v) is 5.28. The molecule has 1 unspecified atom stereocenters. The Hall–Kier alpha value is -0.210. The third kappa shape index (κ3) is 3.21. The molecular weight excluding hydrogens is 254 g/mol. The molecule has 0 aromatic carbocycles. The van der Waals surface area contributed by atoms with Gasteiger partial charge < -0.3 is 15.4 Å². The minimum Gasteiger partial charge on any atom is -0.381 e. The van der Waals surface area contributed by atoms with Gasteiger partial charge in [0.1, 0.15) is 0 Å². The summed E-state index contributed by atoms with van der Waals surface area (Å²) >= 11 is 0. The van der Waals surface area contributed by atoms with E-state index < -0.39 is 10.0 Å². The molecule has 2 saturated heterocycles. The highest BCUT2D eigenvalue weighted by Crippen LogP contribution is 2.28. The van der Waals surface area contributed by atoms with Gasteiger partial charge in [0.25, 0.3) is 0 Å². The average molecular weight is 277 g/mol. The number of hydrogen-bond donors (Lipinski definition) is 1. The van der Waals surface area contributed by atoms with Crippen molar-refractivity contribution < 1.29 is 13.2 Å². The first-order valence-electron chi connectivity index (χ1n) is 6.41. The lowest BCUT2D eigenvalue weighted by Crippen LogP contribution is -2.52. The van der Waals surface area contributed by atoms with E-state index in [-0.39, 0.29) is 5.41 Å². The molecule has 2 fully saturated rings. The number of nitrogens with zero attached hydrogens (tertiary/aromatic N) is 2. The van der Waals surface area contributed by atoms with Crippen molar-refractivity contribution in [2.75, 3.05) is 58.7 Å². The van der Waals surface area contributed by atoms with Crippen LogP contribution in [-0.4, -0.2) is 76.4 Å². The van der Waals surface area contributed by atoms with Crippen LogP contribution in [0.3, 0.4) is 0 Å². The molecule has 2 aliphatic heterocycles. The van der Waals surface area contributed by atoms with Crippen molar-refractivity contribution in [1.29, 1.82) is 0 Å². The van der Waals surface area contributed by atoms with Crippen LogP contribution in [0.2, 0.25) is 0 Å². The molecule has 0 saturated carbocycles. The second-order valence-corrected chi connectivity index (χ2v) is 7.43. The van der Waals surface area contributed by atoms with Gasteiger partial charge in [0.05, 0.1) is 12.9 Å². The van der Waals surface area contributed by atoms with Gasteiger partial charge in [-0.1, -0.05) is 0 Å². The highest BCUT2D eigenvalue weighted by atomic mass is 32.2. The summed E-state index contributed by atoms with van der Waals surface area (Å²) in [6.07, 6.45) is 2.28. The fourth-order valence-corrected chi connectivity index (χ4v) is 3.52. The topological polar surface area (TPSA) is 75.9 Å². The maximum atomic E-state index is 11.4. The summed E-state index contributed by atoms with van der Waals surface area (Å²) in [6, 6.07) is 0. The Balaban J connectivity index is 1.87. The van der Waals surface area contributed by atoms with E-state index in [0.717, 1.165) is 39.3 Å². The van der Waals surface area contributed by atoms with Crippen molar-refractivity contribution in [3.63, 3.8) is 0 Å². The lowest BCUT2D eigenvalue weighted by Gasteiger charge is -2.38. The molecule has 2 rings (SSSR count). The Bertz CT molecular complexity index is 371. The monoisotopic (exact) mass is 277 g/mol. The van der Waals surface area contributed by atoms with Gasteiger partial charge in [-0.3, -0.25) is 0 Å². The van der Waals surface area contributed by atoms with Crippen molar-refractivity contribution in [2.24, 2.45) is 11.1 Å². The first-order chi connectivity index (χ1) is 8.45. The van der Waals surface area contributed by atoms with E-state index in [1.54, 1.807) is 4.31 Å². The van der Waals surface area contributed by atoms with Crippen molar-refractivity contribution >= 4 is 10.0 Å². The fraction of sp³-hybridized carbons (Fsp3) is 1.00. The zero-order valence-electron chi connectivity index (χ0n) is 11.0. The molecule has 0 radical (unpaired) electrons. The Morgan fingerprint density at radius 3 is 2.39 bits per heavy atom. The fourth-order valence-electron chi connectivity index (χ4n) is 2.69. The standard InChI is InChI=1S/C11H23N3O3S/c1-18(15,16)14-5-3-13(4-6-14)9-11(8-12)2-7-17-10-11/h2-10,12H2,1H3. The van der Waals surface area contributed by atoms with E-state index >= 15 is 0 Å². The molecule has 1 atom stereocenters. The van der Waals surface area contributed by atoms with Gasteiger partial charge in [0.2, 0.25) is 10.0 Å². The molecule has 0 bridgehead atoms. The summed E-state index contributed by atoms with van der Waals surface area (Å²) in [5.41, 5.74) is 5.95. The zero-order valence-corrected chi connectivity index (χ0v) is 11.8. The van der Waals surface area contributed by atoms with Crippen LogP contribution in [0.1, 0.15) is 6.42 Å². The van der Waals surface area contributed by atoms with Crippen LogP contribution in [-0.2, 0) is 14.8 Å². The summed E-state index contributed by atoms with van der Waals surface area (Å²) in [5.74, 6) is 0. The molecule has 2 N–H and O–H groups in total. The Kier molecular flexibility index (Phi) is 4.28. The van der Waals surface area contributed by atoms with Crippen LogP contribution in [0.4, 0.5) is 0 Å². The van der Waals surface area contributed by atoms with E-state index in [0.29, 0.717) is 19.6 Å². The van der Waals surface area contributed by atoms with Gasteiger partial charge in [-0.25, -0.2) is 8.42 Å². The molecule has 0 amide bonds. The highest BCUT2D eigenvalue weighted by molar-refractivity contribution is 7.88. The van der Waals surface area contributed by atoms with Crippen LogP contribution in [0.5, 0.6) is 0 Å². The van der Waals surface area contributed by atoms with Crippen molar-refractivity contribution in [1.82, 2.24) is 9.21 Å². The Morgan fingerprint density at radius 2 is 1.94 bits per heavy atom. The number of rotatable bonds is 4. The van der Waals surface area contributed by atoms with Gasteiger partial charge >= 0.3 is 0 Å². The smallest absolute Gasteiger partial charge is 0.211 e. The van der Waals surface area contributed by atoms with E-state index in [1.807, 2.05) is 0 Å². The zero-order chi connectivity index (χ0) is 13.2. The summed E-state index contributed by atoms with van der Waals surface area (Å²) in [4.78, 5) is 2.31. The molecule has 6 nitrogen and oxygen atoms in total. The van der Waals surface area contributed by atoms with Crippen LogP contribution < -0.4 is 5.73 Å². The van der Waals surface area contributed by atoms with Gasteiger partial charge in [0, 0.05) is 51.3 Å². The number of ether oxygens (including phenoxy) is 1. The number of hydrogen-bond acceptors (Lipinski definition) is 5. The summed E-state index contributed by atoms with van der Waals surface area (Å²) < 4.78 is 29.8. The first-order valence-corrected chi connectivity index (χ1v) is 8.25. The normalized spacial score (nSPS) is 31.9. The van der Waals surface area contributed by atoms with Crippen molar-refractivity contribution in [3.05, 3.63) is 0 Å². The minimum atomic E-state index is -3.04. The number of piperazine rings is 1. The van der Waals surface area contributed by atoms with Gasteiger partial charge in [-0.15, -0.1) is 0 Å². The average Bonchev–Trinajstić information content (AvgIpc) is 2.78. The lowest BCUT2D eigenvalue weighted by atomic mass is 9.86. The molecule has 2 heterocycles. The van der Waals surface area contributed by atoms with Gasteiger partial charge in [-0.05, 0) is 6.42 Å². The molecule has 0 aliphatic carbocycles. The SMILES string of the molecule is CS(=O)(=O)N1CCN(CC2(CN)CCOC2)CC1. The predicted molar refractivity (Wildman–Crippen MR) is 69.8 cm³/mol. The lowest BCUT2D eigenvalue weighted by molar-refractivity contribution is 0.0952. The maximum Gasteiger partial charge on any atom is 0.211 e. The van der Waals surface area contributed by atoms with Crippen molar-refractivity contribution in [2.45, 2.75) is 6.42 Å². The van der Waals surface area contributed by atoms with Crippen LogP contribution in [0.25, 0.3) is 0 Å². The summed E-state index contributed by atoms with van der Waals surface area (Å²) in [6.45, 7) is 5.82. The molecule has 0 aromatic rings. The third-order valence-electron chi connectivity index (χ3n) is 3.98. The van der Waals surface area contributed by atoms with E-state index in [9.17, 15) is 8.42 Å². The highest BCUT2D eigenvalue weighted by Gasteiger charge is 2.36. The van der Waals surface area contributed by atoms with E-state index in [4.69, 9.17) is 10.5 Å². The quantitative estimate of drug-likeness (QED) is 0.708. The first kappa shape index (κ1) is 14.2. The number of nitrogens with two attached hydrogens (primary N) is 1. The molecule has 0 aromatic heterocycles. The van der Waals surface area contributed by atoms with Gasteiger partial charge in [0.15, 0.2) is 0 Å². The van der Waals surface area contributed by atoms with E-state index in [2.05, 4.69) is 4.90 Å². The second kappa shape index (κ2) is 5.42. The predicted octanol–water partition coefficient (Wildman–Crippen LogP) is -1.07. The molecule has 2 aliphatic rings. The molecular formula is C11H23N3O3S. The number of sulfonamides is 1. The molecule has 0 spiro atoms. The van der Waals surface area contributed by atoms with Crippen molar-refractivity contribution in [3.8, 4) is 0 Å². The summed E-state index contributed by atoms with van der Waals surface area (Å²) in [5, 5.41) is 0. The Labute approximate surface area is 109 Å². The van der Waals surface area contributed by atoms with Crippen LogP contribution in [0.15, 0.2) is 0 Å². The largest absolute Gasteiger partial charge is 0.381 e. The summed E-state index contributed by atoms with van der Waals surface area (Å²) in [7, 11) is -3.04. The van der Waals surface area contributed by atoms with Crippen LogP contribution in [0, 0.1) is 5.41 Å². The van der Waals surface area contributed by atoms with E-state index in [1.165, 1.54) is 6.26 Å². The second-order valence-electron chi connectivity index (χ2n) is 5.44. The molecule has 106 valence electrons. The minimum absolute atomic E-state index is 0.0766. The molecule has 18 heavy (non-hydrogen) atoms. The molecule has 7 heteroatoms. The Morgan fingerprint density at radius 1 is 1.28 bits per heavy atom. The van der Waals surface area contributed by atoms with Crippen LogP contribution >= 0.6 is 0 Å². The van der Waals surface area contributed by atoms with Gasteiger partial charge in [-0.2, -0.15) is 4.31 Å².